The van der Waals surface area contributed by atoms with Crippen LogP contribution in [0.1, 0.15) is 65.4 Å². The highest BCUT2D eigenvalue weighted by Crippen LogP contribution is 2.30. The molecular weight excluding hydrogens is 618 g/mol. The van der Waals surface area contributed by atoms with Crippen molar-refractivity contribution in [2.24, 2.45) is 17.6 Å². The molecule has 15 heteroatoms. The van der Waals surface area contributed by atoms with E-state index in [1.54, 1.807) is 45.0 Å². The zero-order valence-electron chi connectivity index (χ0n) is 27.1. The van der Waals surface area contributed by atoms with Crippen LogP contribution in [0.2, 0.25) is 0 Å². The third-order valence-electron chi connectivity index (χ3n) is 7.97. The predicted molar refractivity (Wildman–Crippen MR) is 171 cm³/mol. The molecule has 14 nitrogen and oxygen atoms in total. The maximum atomic E-state index is 13.4. The summed E-state index contributed by atoms with van der Waals surface area (Å²) in [6.07, 6.45) is 1.41. The summed E-state index contributed by atoms with van der Waals surface area (Å²) >= 11 is 0. The van der Waals surface area contributed by atoms with E-state index < -0.39 is 57.8 Å². The van der Waals surface area contributed by atoms with Crippen molar-refractivity contribution in [3.05, 3.63) is 29.8 Å². The van der Waals surface area contributed by atoms with Crippen molar-refractivity contribution in [2.45, 2.75) is 90.0 Å². The normalized spacial score (nSPS) is 19.6. The van der Waals surface area contributed by atoms with Crippen molar-refractivity contribution in [1.82, 2.24) is 14.9 Å². The number of piperidine rings is 1. The molecule has 6 N–H and O–H groups in total. The fourth-order valence-corrected chi connectivity index (χ4v) is 7.00. The van der Waals surface area contributed by atoms with Crippen LogP contribution in [0, 0.1) is 17.2 Å². The van der Waals surface area contributed by atoms with Crippen molar-refractivity contribution in [1.29, 1.82) is 5.41 Å². The predicted octanol–water partition coefficient (Wildman–Crippen LogP) is 2.25. The molecule has 2 fully saturated rings. The fourth-order valence-electron chi connectivity index (χ4n) is 5.60. The number of nitrogens with zero attached hydrogens (tertiary/aromatic N) is 1. The minimum Gasteiger partial charge on any atom is -0.490 e. The number of hydrogen-bond donors (Lipinski definition) is 5. The van der Waals surface area contributed by atoms with Gasteiger partial charge in [-0.15, -0.1) is 0 Å². The van der Waals surface area contributed by atoms with Gasteiger partial charge in [0.15, 0.2) is 6.10 Å². The van der Waals surface area contributed by atoms with E-state index in [1.165, 1.54) is 4.90 Å². The van der Waals surface area contributed by atoms with Crippen LogP contribution in [0.25, 0.3) is 0 Å². The number of rotatable bonds is 17. The third-order valence-corrected chi connectivity index (χ3v) is 9.44. The molecule has 258 valence electrons. The average Bonchev–Trinajstić information content (AvgIpc) is 3.34. The molecule has 4 atom stereocenters. The first-order valence-electron chi connectivity index (χ1n) is 15.8. The lowest BCUT2D eigenvalue weighted by Gasteiger charge is -2.35. The Balaban J connectivity index is 1.64. The smallest absolute Gasteiger partial charge is 0.411 e. The molecule has 3 rings (SSSR count). The Morgan fingerprint density at radius 2 is 1.87 bits per heavy atom. The highest BCUT2D eigenvalue weighted by molar-refractivity contribution is 7.89. The summed E-state index contributed by atoms with van der Waals surface area (Å²) in [7, 11) is -3.73. The highest BCUT2D eigenvalue weighted by atomic mass is 32.2. The van der Waals surface area contributed by atoms with Gasteiger partial charge in [0, 0.05) is 5.92 Å². The first-order chi connectivity index (χ1) is 21.6. The molecule has 2 heterocycles. The van der Waals surface area contributed by atoms with Gasteiger partial charge in [-0.1, -0.05) is 25.5 Å². The van der Waals surface area contributed by atoms with Gasteiger partial charge in [-0.05, 0) is 89.6 Å². The van der Waals surface area contributed by atoms with Gasteiger partial charge in [-0.3, -0.25) is 15.1 Å². The molecule has 0 spiro atoms. The van der Waals surface area contributed by atoms with Crippen LogP contribution < -0.4 is 20.5 Å². The number of ether oxygens (including phenoxy) is 3. The number of aliphatic carboxylic acids is 1. The number of nitrogens with two attached hydrogens (primary N) is 1. The zero-order valence-corrected chi connectivity index (χ0v) is 27.9. The topological polar surface area (TPSA) is 210 Å². The van der Waals surface area contributed by atoms with Crippen molar-refractivity contribution >= 4 is 33.9 Å². The summed E-state index contributed by atoms with van der Waals surface area (Å²) in [5.74, 6) is -1.92. The number of benzene rings is 1. The van der Waals surface area contributed by atoms with Crippen LogP contribution >= 0.6 is 0 Å². The molecule has 0 aliphatic carbocycles. The van der Waals surface area contributed by atoms with Gasteiger partial charge in [0.05, 0.1) is 18.1 Å². The van der Waals surface area contributed by atoms with E-state index in [4.69, 9.17) is 25.4 Å². The largest absolute Gasteiger partial charge is 0.490 e. The molecule has 2 aliphatic rings. The number of sulfonamides is 1. The number of hydrogen-bond acceptors (Lipinski definition) is 10. The Labute approximate surface area is 271 Å². The van der Waals surface area contributed by atoms with Crippen LogP contribution in [0.4, 0.5) is 4.79 Å². The van der Waals surface area contributed by atoms with Crippen LogP contribution in [0.3, 0.4) is 0 Å². The van der Waals surface area contributed by atoms with Crippen molar-refractivity contribution < 1.29 is 42.1 Å². The van der Waals surface area contributed by atoms with E-state index in [0.717, 1.165) is 25.9 Å². The Morgan fingerprint density at radius 1 is 1.22 bits per heavy atom. The Morgan fingerprint density at radius 3 is 2.43 bits per heavy atom. The molecule has 0 radical (unpaired) electrons. The average molecular weight is 668 g/mol. The molecule has 0 aromatic heterocycles. The maximum absolute atomic E-state index is 13.4. The van der Waals surface area contributed by atoms with E-state index in [-0.39, 0.29) is 43.5 Å². The molecule has 0 saturated carbocycles. The summed E-state index contributed by atoms with van der Waals surface area (Å²) in [4.78, 5) is 39.5. The lowest BCUT2D eigenvalue weighted by Crippen LogP contribution is -2.49. The molecule has 0 bridgehead atoms. The second-order valence-corrected chi connectivity index (χ2v) is 14.8. The first kappa shape index (κ1) is 37.0. The van der Waals surface area contributed by atoms with Crippen LogP contribution in [-0.2, 0) is 35.5 Å². The standard InChI is InChI=1S/C31H49N5O9S/c1-5-6-15-46(41,42)35-25(28(37)38)16-20-7-9-22(10-8-20)43-19-23-18-36(30(40)44-23)26(29(39)45-31(2,3)4)17-24(27(32)33)21-11-13-34-14-12-21/h7-10,21,23-26,34-35H,5-6,11-19H2,1-4H3,(H3,32,33)(H,37,38). The monoisotopic (exact) mass is 667 g/mol. The van der Waals surface area contributed by atoms with E-state index in [1.807, 2.05) is 6.92 Å². The molecule has 2 aliphatic heterocycles. The SMILES string of the molecule is CCCCS(=O)(=O)NC(Cc1ccc(OCC2CN(C(CC(C(=N)N)C3CCNCC3)C(=O)OC(C)(C)C)C(=O)O2)cc1)C(=O)O. The summed E-state index contributed by atoms with van der Waals surface area (Å²) in [5.41, 5.74) is 5.80. The number of amides is 1. The van der Waals surface area contributed by atoms with E-state index >= 15 is 0 Å². The molecule has 1 aromatic rings. The number of unbranched alkanes of at least 4 members (excludes halogenated alkanes) is 1. The Kier molecular flexibility index (Phi) is 13.2. The van der Waals surface area contributed by atoms with Crippen molar-refractivity contribution in [3.63, 3.8) is 0 Å². The fraction of sp³-hybridized carbons (Fsp3) is 0.677. The van der Waals surface area contributed by atoms with Gasteiger partial charge < -0.3 is 30.4 Å². The molecule has 4 unspecified atom stereocenters. The van der Waals surface area contributed by atoms with E-state index in [9.17, 15) is 27.9 Å². The van der Waals surface area contributed by atoms with Gasteiger partial charge in [0.1, 0.15) is 30.0 Å². The number of carboxylic acid groups (broad SMARTS) is 1. The van der Waals surface area contributed by atoms with Gasteiger partial charge in [-0.2, -0.15) is 0 Å². The lowest BCUT2D eigenvalue weighted by molar-refractivity contribution is -0.160. The molecule has 2 saturated heterocycles. The summed E-state index contributed by atoms with van der Waals surface area (Å²) < 4.78 is 43.8. The zero-order chi connectivity index (χ0) is 34.1. The second-order valence-electron chi connectivity index (χ2n) is 12.9. The van der Waals surface area contributed by atoms with Crippen LogP contribution in [-0.4, -0.2) is 98.1 Å². The third kappa shape index (κ3) is 11.4. The molecule has 1 amide bonds. The van der Waals surface area contributed by atoms with Gasteiger partial charge >= 0.3 is 18.0 Å². The van der Waals surface area contributed by atoms with Crippen LogP contribution in [0.15, 0.2) is 24.3 Å². The van der Waals surface area contributed by atoms with Gasteiger partial charge in [-0.25, -0.2) is 22.7 Å². The van der Waals surface area contributed by atoms with Crippen LogP contribution in [0.5, 0.6) is 5.75 Å². The molecular formula is C31H49N5O9S. The first-order valence-corrected chi connectivity index (χ1v) is 17.4. The number of carboxylic acids is 1. The number of amidine groups is 1. The number of esters is 1. The Hall–Kier alpha value is -3.43. The highest BCUT2D eigenvalue weighted by Gasteiger charge is 2.44. The minimum atomic E-state index is -3.73. The number of carbonyl (C=O) groups is 3. The van der Waals surface area contributed by atoms with E-state index in [2.05, 4.69) is 10.0 Å². The number of cyclic esters (lactones) is 1. The maximum Gasteiger partial charge on any atom is 0.411 e. The van der Waals surface area contributed by atoms with Gasteiger partial charge in [0.25, 0.3) is 0 Å². The molecule has 1 aromatic carbocycles. The number of carbonyl (C=O) groups excluding carboxylic acids is 2. The minimum absolute atomic E-state index is 0.0119. The number of nitrogens with one attached hydrogen (secondary N) is 3. The van der Waals surface area contributed by atoms with E-state index in [0.29, 0.717) is 24.2 Å². The Bertz CT molecular complexity index is 1310. The van der Waals surface area contributed by atoms with Crippen molar-refractivity contribution in [2.75, 3.05) is 32.0 Å². The summed E-state index contributed by atoms with van der Waals surface area (Å²) in [5, 5.41) is 21.1. The summed E-state index contributed by atoms with van der Waals surface area (Å²) in [6.45, 7) is 8.71. The molecule has 46 heavy (non-hydrogen) atoms. The van der Waals surface area contributed by atoms with Gasteiger partial charge in [0.2, 0.25) is 10.0 Å². The lowest BCUT2D eigenvalue weighted by atomic mass is 9.80. The summed E-state index contributed by atoms with van der Waals surface area (Å²) in [6, 6.07) is 4.21. The second kappa shape index (κ2) is 16.4. The quantitative estimate of drug-likeness (QED) is 0.0924. The van der Waals surface area contributed by atoms with Crippen molar-refractivity contribution in [3.8, 4) is 5.75 Å².